The van der Waals surface area contributed by atoms with Crippen LogP contribution in [0.5, 0.6) is 0 Å². The van der Waals surface area contributed by atoms with E-state index in [2.05, 4.69) is 45.5 Å². The SMILES string of the molecule is COCCNCCc1ccc(Br)cc1. The lowest BCUT2D eigenvalue weighted by Crippen LogP contribution is -2.21. The average Bonchev–Trinajstić information content (AvgIpc) is 2.21. The van der Waals surface area contributed by atoms with Gasteiger partial charge in [-0.2, -0.15) is 0 Å². The van der Waals surface area contributed by atoms with Gasteiger partial charge in [0.25, 0.3) is 0 Å². The number of ether oxygens (including phenoxy) is 1. The Labute approximate surface area is 93.8 Å². The van der Waals surface area contributed by atoms with Gasteiger partial charge in [-0.3, -0.25) is 0 Å². The van der Waals surface area contributed by atoms with Gasteiger partial charge < -0.3 is 10.1 Å². The third kappa shape index (κ3) is 4.74. The number of rotatable bonds is 6. The van der Waals surface area contributed by atoms with Gasteiger partial charge in [0.2, 0.25) is 0 Å². The van der Waals surface area contributed by atoms with Crippen LogP contribution in [0.3, 0.4) is 0 Å². The molecule has 1 aromatic carbocycles. The lowest BCUT2D eigenvalue weighted by molar-refractivity contribution is 0.199. The molecular formula is C11H16BrNO. The van der Waals surface area contributed by atoms with Gasteiger partial charge in [-0.25, -0.2) is 0 Å². The van der Waals surface area contributed by atoms with Crippen LogP contribution in [0.25, 0.3) is 0 Å². The van der Waals surface area contributed by atoms with Crippen molar-refractivity contribution in [2.24, 2.45) is 0 Å². The van der Waals surface area contributed by atoms with Crippen molar-refractivity contribution in [1.82, 2.24) is 5.32 Å². The number of hydrogen-bond donors (Lipinski definition) is 1. The van der Waals surface area contributed by atoms with Crippen LogP contribution in [-0.2, 0) is 11.2 Å². The Morgan fingerprint density at radius 2 is 1.93 bits per heavy atom. The standard InChI is InChI=1S/C11H16BrNO/c1-14-9-8-13-7-6-10-2-4-11(12)5-3-10/h2-5,13H,6-9H2,1H3. The molecule has 1 rings (SSSR count). The van der Waals surface area contributed by atoms with E-state index in [1.165, 1.54) is 5.56 Å². The molecule has 1 aromatic rings. The predicted molar refractivity (Wildman–Crippen MR) is 62.6 cm³/mol. The van der Waals surface area contributed by atoms with Crippen LogP contribution in [0.15, 0.2) is 28.7 Å². The van der Waals surface area contributed by atoms with Gasteiger partial charge in [0.1, 0.15) is 0 Å². The normalized spacial score (nSPS) is 10.4. The molecule has 0 saturated carbocycles. The van der Waals surface area contributed by atoms with E-state index < -0.39 is 0 Å². The van der Waals surface area contributed by atoms with Crippen molar-refractivity contribution < 1.29 is 4.74 Å². The Hall–Kier alpha value is -0.380. The molecule has 0 bridgehead atoms. The van der Waals surface area contributed by atoms with E-state index in [0.717, 1.165) is 30.6 Å². The van der Waals surface area contributed by atoms with Crippen molar-refractivity contribution in [3.8, 4) is 0 Å². The maximum atomic E-state index is 4.94. The van der Waals surface area contributed by atoms with Crippen molar-refractivity contribution >= 4 is 15.9 Å². The van der Waals surface area contributed by atoms with Crippen LogP contribution in [0.2, 0.25) is 0 Å². The molecule has 0 saturated heterocycles. The molecule has 0 fully saturated rings. The third-order valence-electron chi connectivity index (χ3n) is 1.99. The zero-order valence-corrected chi connectivity index (χ0v) is 10.0. The van der Waals surface area contributed by atoms with Gasteiger partial charge >= 0.3 is 0 Å². The molecule has 78 valence electrons. The van der Waals surface area contributed by atoms with Gasteiger partial charge in [0.15, 0.2) is 0 Å². The molecule has 0 spiro atoms. The minimum Gasteiger partial charge on any atom is -0.383 e. The highest BCUT2D eigenvalue weighted by atomic mass is 79.9. The molecule has 0 radical (unpaired) electrons. The van der Waals surface area contributed by atoms with Crippen molar-refractivity contribution in [2.45, 2.75) is 6.42 Å². The molecule has 0 aliphatic heterocycles. The molecule has 0 heterocycles. The topological polar surface area (TPSA) is 21.3 Å². The first kappa shape index (κ1) is 11.7. The third-order valence-corrected chi connectivity index (χ3v) is 2.52. The van der Waals surface area contributed by atoms with E-state index in [9.17, 15) is 0 Å². The number of methoxy groups -OCH3 is 1. The molecule has 2 nitrogen and oxygen atoms in total. The second-order valence-electron chi connectivity index (χ2n) is 3.12. The van der Waals surface area contributed by atoms with E-state index in [-0.39, 0.29) is 0 Å². The molecule has 1 N–H and O–H groups in total. The predicted octanol–water partition coefficient (Wildman–Crippen LogP) is 2.23. The van der Waals surface area contributed by atoms with Crippen LogP contribution < -0.4 is 5.32 Å². The Bertz CT molecular complexity index is 248. The zero-order chi connectivity index (χ0) is 10.2. The fraction of sp³-hybridized carbons (Fsp3) is 0.455. The van der Waals surface area contributed by atoms with Crippen LogP contribution >= 0.6 is 15.9 Å². The van der Waals surface area contributed by atoms with E-state index in [1.807, 2.05) is 0 Å². The number of benzene rings is 1. The highest BCUT2D eigenvalue weighted by Gasteiger charge is 1.92. The number of halogens is 1. The Morgan fingerprint density at radius 3 is 2.57 bits per heavy atom. The summed E-state index contributed by atoms with van der Waals surface area (Å²) in [7, 11) is 1.72. The lowest BCUT2D eigenvalue weighted by Gasteiger charge is -2.04. The summed E-state index contributed by atoms with van der Waals surface area (Å²) in [6.07, 6.45) is 1.07. The first-order valence-corrected chi connectivity index (χ1v) is 5.56. The van der Waals surface area contributed by atoms with Gasteiger partial charge in [-0.1, -0.05) is 28.1 Å². The second kappa shape index (κ2) is 6.98. The monoisotopic (exact) mass is 257 g/mol. The summed E-state index contributed by atoms with van der Waals surface area (Å²) < 4.78 is 6.07. The Morgan fingerprint density at radius 1 is 1.21 bits per heavy atom. The highest BCUT2D eigenvalue weighted by Crippen LogP contribution is 2.10. The average molecular weight is 258 g/mol. The first-order valence-electron chi connectivity index (χ1n) is 4.77. The van der Waals surface area contributed by atoms with Crippen LogP contribution in [0.4, 0.5) is 0 Å². The molecule has 0 aromatic heterocycles. The van der Waals surface area contributed by atoms with Gasteiger partial charge in [-0.05, 0) is 30.7 Å². The minimum atomic E-state index is 0.778. The van der Waals surface area contributed by atoms with Crippen molar-refractivity contribution in [3.05, 3.63) is 34.3 Å². The molecule has 0 atom stereocenters. The quantitative estimate of drug-likeness (QED) is 0.790. The molecule has 0 amide bonds. The second-order valence-corrected chi connectivity index (χ2v) is 4.03. The maximum absolute atomic E-state index is 4.94. The highest BCUT2D eigenvalue weighted by molar-refractivity contribution is 9.10. The lowest BCUT2D eigenvalue weighted by atomic mass is 10.1. The van der Waals surface area contributed by atoms with Crippen molar-refractivity contribution in [2.75, 3.05) is 26.8 Å². The molecule has 14 heavy (non-hydrogen) atoms. The Balaban J connectivity index is 2.15. The van der Waals surface area contributed by atoms with E-state index in [4.69, 9.17) is 4.74 Å². The fourth-order valence-electron chi connectivity index (χ4n) is 1.18. The molecule has 0 aliphatic rings. The first-order chi connectivity index (χ1) is 6.83. The van der Waals surface area contributed by atoms with E-state index in [0.29, 0.717) is 0 Å². The summed E-state index contributed by atoms with van der Waals surface area (Å²) in [5, 5.41) is 3.31. The number of nitrogens with one attached hydrogen (secondary N) is 1. The van der Waals surface area contributed by atoms with Crippen molar-refractivity contribution in [3.63, 3.8) is 0 Å². The summed E-state index contributed by atoms with van der Waals surface area (Å²) in [5.74, 6) is 0. The summed E-state index contributed by atoms with van der Waals surface area (Å²) in [6.45, 7) is 2.71. The van der Waals surface area contributed by atoms with Crippen LogP contribution in [0, 0.1) is 0 Å². The van der Waals surface area contributed by atoms with Gasteiger partial charge in [0.05, 0.1) is 6.61 Å². The van der Waals surface area contributed by atoms with Crippen molar-refractivity contribution in [1.29, 1.82) is 0 Å². The zero-order valence-electron chi connectivity index (χ0n) is 8.42. The largest absolute Gasteiger partial charge is 0.383 e. The molecule has 3 heteroatoms. The van der Waals surface area contributed by atoms with E-state index >= 15 is 0 Å². The smallest absolute Gasteiger partial charge is 0.0587 e. The summed E-state index contributed by atoms with van der Waals surface area (Å²) in [5.41, 5.74) is 1.36. The molecule has 0 aliphatic carbocycles. The Kier molecular flexibility index (Phi) is 5.83. The summed E-state index contributed by atoms with van der Waals surface area (Å²) in [6, 6.07) is 8.43. The van der Waals surface area contributed by atoms with Crippen LogP contribution in [-0.4, -0.2) is 26.8 Å². The molecule has 0 unspecified atom stereocenters. The van der Waals surface area contributed by atoms with Gasteiger partial charge in [0, 0.05) is 18.1 Å². The van der Waals surface area contributed by atoms with Gasteiger partial charge in [-0.15, -0.1) is 0 Å². The maximum Gasteiger partial charge on any atom is 0.0587 e. The van der Waals surface area contributed by atoms with Crippen LogP contribution in [0.1, 0.15) is 5.56 Å². The minimum absolute atomic E-state index is 0.778. The van der Waals surface area contributed by atoms with E-state index in [1.54, 1.807) is 7.11 Å². The fourth-order valence-corrected chi connectivity index (χ4v) is 1.45. The summed E-state index contributed by atoms with van der Waals surface area (Å²) >= 11 is 3.42. The molecular weight excluding hydrogens is 242 g/mol. The summed E-state index contributed by atoms with van der Waals surface area (Å²) in [4.78, 5) is 0. The number of hydrogen-bond acceptors (Lipinski definition) is 2.